The smallest absolute Gasteiger partial charge is 0.135 e. The molecule has 0 unspecified atom stereocenters. The first-order valence-electron chi connectivity index (χ1n) is 16.1. The largest absolute Gasteiger partial charge is 0.456 e. The lowest BCUT2D eigenvalue weighted by atomic mass is 9.78. The molecular weight excluding hydrogens is 556 g/mol. The number of para-hydroxylation sites is 1. The molecule has 0 N–H and O–H groups in total. The van der Waals surface area contributed by atoms with Crippen LogP contribution in [0, 0.1) is 0 Å². The summed E-state index contributed by atoms with van der Waals surface area (Å²) in [5.74, 6) is 1.83. The van der Waals surface area contributed by atoms with Crippen LogP contribution < -0.4 is 4.74 Å². The van der Waals surface area contributed by atoms with E-state index in [0.717, 1.165) is 17.1 Å². The van der Waals surface area contributed by atoms with Crippen molar-refractivity contribution < 1.29 is 4.74 Å². The van der Waals surface area contributed by atoms with Crippen molar-refractivity contribution in [1.29, 1.82) is 0 Å². The van der Waals surface area contributed by atoms with E-state index in [4.69, 9.17) is 4.74 Å². The maximum atomic E-state index is 6.47. The van der Waals surface area contributed by atoms with E-state index >= 15 is 0 Å². The number of hydrogen-bond acceptors (Lipinski definition) is 1. The van der Waals surface area contributed by atoms with Gasteiger partial charge in [-0.25, -0.2) is 0 Å². The van der Waals surface area contributed by atoms with E-state index in [2.05, 4.69) is 153 Å². The minimum atomic E-state index is -0.185. The van der Waals surface area contributed by atoms with Gasteiger partial charge in [0.25, 0.3) is 0 Å². The van der Waals surface area contributed by atoms with Gasteiger partial charge in [0.2, 0.25) is 0 Å². The summed E-state index contributed by atoms with van der Waals surface area (Å²) in [5, 5.41) is 7.55. The van der Waals surface area contributed by atoms with E-state index < -0.39 is 0 Å². The quantitative estimate of drug-likeness (QED) is 0.196. The molecule has 1 aliphatic carbocycles. The molecule has 2 aliphatic rings. The van der Waals surface area contributed by atoms with Gasteiger partial charge < -0.3 is 4.74 Å². The molecular formula is C45H30O. The third-order valence-electron chi connectivity index (χ3n) is 10.4. The predicted octanol–water partition coefficient (Wildman–Crippen LogP) is 12.6. The molecule has 46 heavy (non-hydrogen) atoms. The zero-order valence-corrected chi connectivity index (χ0v) is 25.8. The first-order valence-corrected chi connectivity index (χ1v) is 16.1. The van der Waals surface area contributed by atoms with Gasteiger partial charge >= 0.3 is 0 Å². The lowest BCUT2D eigenvalue weighted by Gasteiger charge is -2.25. The highest BCUT2D eigenvalue weighted by Gasteiger charge is 2.39. The highest BCUT2D eigenvalue weighted by molar-refractivity contribution is 6.12. The number of rotatable bonds is 2. The average molecular weight is 587 g/mol. The molecule has 1 aliphatic heterocycles. The Morgan fingerprint density at radius 3 is 1.98 bits per heavy atom. The van der Waals surface area contributed by atoms with Crippen molar-refractivity contribution in [2.24, 2.45) is 0 Å². The van der Waals surface area contributed by atoms with Crippen molar-refractivity contribution in [3.05, 3.63) is 157 Å². The van der Waals surface area contributed by atoms with Crippen molar-refractivity contribution in [2.45, 2.75) is 19.3 Å². The molecule has 0 amide bonds. The number of hydrogen-bond donors (Lipinski definition) is 0. The number of benzene rings is 8. The molecule has 0 radical (unpaired) electrons. The monoisotopic (exact) mass is 586 g/mol. The first-order chi connectivity index (χ1) is 22.6. The van der Waals surface area contributed by atoms with Crippen molar-refractivity contribution >= 4 is 32.3 Å². The Balaban J connectivity index is 1.31. The van der Waals surface area contributed by atoms with Crippen LogP contribution in [0.15, 0.2) is 146 Å². The zero-order valence-electron chi connectivity index (χ0n) is 25.8. The maximum Gasteiger partial charge on any atom is 0.135 e. The Morgan fingerprint density at radius 1 is 0.435 bits per heavy atom. The van der Waals surface area contributed by atoms with Gasteiger partial charge in [-0.05, 0) is 101 Å². The molecule has 0 aromatic heterocycles. The molecule has 0 bridgehead atoms. The van der Waals surface area contributed by atoms with E-state index in [1.807, 2.05) is 6.07 Å². The molecule has 10 rings (SSSR count). The fourth-order valence-electron chi connectivity index (χ4n) is 8.37. The van der Waals surface area contributed by atoms with Gasteiger partial charge in [0, 0.05) is 16.4 Å². The Bertz CT molecular complexity index is 2580. The molecule has 0 saturated heterocycles. The summed E-state index contributed by atoms with van der Waals surface area (Å²) in [5.41, 5.74) is 12.7. The average Bonchev–Trinajstić information content (AvgIpc) is 3.34. The van der Waals surface area contributed by atoms with E-state index in [1.165, 1.54) is 82.4 Å². The van der Waals surface area contributed by atoms with Gasteiger partial charge in [-0.15, -0.1) is 0 Å². The summed E-state index contributed by atoms with van der Waals surface area (Å²) in [6, 6.07) is 53.4. The summed E-state index contributed by atoms with van der Waals surface area (Å²) >= 11 is 0. The zero-order chi connectivity index (χ0) is 30.6. The summed E-state index contributed by atoms with van der Waals surface area (Å²) in [6.45, 7) is 4.81. The van der Waals surface area contributed by atoms with Crippen LogP contribution in [0.2, 0.25) is 0 Å². The Morgan fingerprint density at radius 2 is 1.09 bits per heavy atom. The second kappa shape index (κ2) is 9.19. The molecule has 8 aromatic rings. The lowest BCUT2D eigenvalue weighted by Crippen LogP contribution is -2.15. The van der Waals surface area contributed by atoms with Crippen molar-refractivity contribution in [2.75, 3.05) is 0 Å². The maximum absolute atomic E-state index is 6.47. The molecule has 0 spiro atoms. The Kier molecular flexibility index (Phi) is 5.12. The van der Waals surface area contributed by atoms with Gasteiger partial charge in [0.15, 0.2) is 0 Å². The van der Waals surface area contributed by atoms with Crippen molar-refractivity contribution in [3.63, 3.8) is 0 Å². The van der Waals surface area contributed by atoms with Crippen LogP contribution >= 0.6 is 0 Å². The SMILES string of the molecule is CC1(C)c2cc(-c3ccc4c5c(cccc35)-c3ccccc3O4)cc(-c3cccc4ccccc34)c2-c2ccc3ccccc3c21. The van der Waals surface area contributed by atoms with Crippen LogP contribution in [0.5, 0.6) is 11.5 Å². The van der Waals surface area contributed by atoms with E-state index in [9.17, 15) is 0 Å². The van der Waals surface area contributed by atoms with Crippen LogP contribution in [0.4, 0.5) is 0 Å². The fraction of sp³-hybridized carbons (Fsp3) is 0.0667. The molecule has 1 heterocycles. The lowest BCUT2D eigenvalue weighted by molar-refractivity contribution is 0.487. The summed E-state index contributed by atoms with van der Waals surface area (Å²) in [6.07, 6.45) is 0. The number of ether oxygens (including phenoxy) is 1. The molecule has 1 nitrogen and oxygen atoms in total. The molecule has 0 fully saturated rings. The normalized spacial score (nSPS) is 13.8. The van der Waals surface area contributed by atoms with Gasteiger partial charge in [-0.3, -0.25) is 0 Å². The highest BCUT2D eigenvalue weighted by Crippen LogP contribution is 2.57. The minimum Gasteiger partial charge on any atom is -0.456 e. The standard InChI is InChI=1S/C45H30O/c1-45(2)39-26-29(31-23-24-41-43-35(31)18-10-19-36(43)34-16-7-8-20-40(34)46-41)25-38(33-17-9-13-27-11-3-5-14-30(27)33)42(39)37-22-21-28-12-4-6-15-32(28)44(37)45/h3-26H,1-2H3. The minimum absolute atomic E-state index is 0.185. The van der Waals surface area contributed by atoms with Crippen LogP contribution in [0.3, 0.4) is 0 Å². The first kappa shape index (κ1) is 25.6. The summed E-state index contributed by atoms with van der Waals surface area (Å²) < 4.78 is 6.47. The molecule has 216 valence electrons. The summed E-state index contributed by atoms with van der Waals surface area (Å²) in [4.78, 5) is 0. The third-order valence-corrected chi connectivity index (χ3v) is 10.4. The number of fused-ring (bicyclic) bond motifs is 8. The van der Waals surface area contributed by atoms with Gasteiger partial charge in [-0.2, -0.15) is 0 Å². The van der Waals surface area contributed by atoms with E-state index in [0.29, 0.717) is 0 Å². The third kappa shape index (κ3) is 3.40. The molecule has 1 heteroatoms. The van der Waals surface area contributed by atoms with Gasteiger partial charge in [0.05, 0.1) is 0 Å². The predicted molar refractivity (Wildman–Crippen MR) is 193 cm³/mol. The van der Waals surface area contributed by atoms with Crippen molar-refractivity contribution in [1.82, 2.24) is 0 Å². The van der Waals surface area contributed by atoms with Crippen LogP contribution in [-0.4, -0.2) is 0 Å². The van der Waals surface area contributed by atoms with Gasteiger partial charge in [0.1, 0.15) is 11.5 Å². The van der Waals surface area contributed by atoms with E-state index in [1.54, 1.807) is 0 Å². The van der Waals surface area contributed by atoms with Crippen LogP contribution in [-0.2, 0) is 5.41 Å². The fourth-order valence-corrected chi connectivity index (χ4v) is 8.37. The molecule has 0 saturated carbocycles. The second-order valence-corrected chi connectivity index (χ2v) is 13.2. The summed E-state index contributed by atoms with van der Waals surface area (Å²) in [7, 11) is 0. The Labute approximate surface area is 268 Å². The Hall–Kier alpha value is -5.66. The molecule has 8 aromatic carbocycles. The van der Waals surface area contributed by atoms with Crippen LogP contribution in [0.1, 0.15) is 25.0 Å². The van der Waals surface area contributed by atoms with Gasteiger partial charge in [-0.1, -0.05) is 135 Å². The van der Waals surface area contributed by atoms with Crippen molar-refractivity contribution in [3.8, 4) is 56.0 Å². The topological polar surface area (TPSA) is 9.23 Å². The second-order valence-electron chi connectivity index (χ2n) is 13.2. The van der Waals surface area contributed by atoms with Crippen LogP contribution in [0.25, 0.3) is 76.8 Å². The molecule has 0 atom stereocenters. The van der Waals surface area contributed by atoms with E-state index in [-0.39, 0.29) is 5.41 Å². The highest BCUT2D eigenvalue weighted by atomic mass is 16.5.